The predicted octanol–water partition coefficient (Wildman–Crippen LogP) is 3.25. The van der Waals surface area contributed by atoms with Gasteiger partial charge in [0.05, 0.1) is 16.3 Å². The van der Waals surface area contributed by atoms with Gasteiger partial charge in [-0.2, -0.15) is 9.40 Å². The largest absolute Gasteiger partial charge is 0.507 e. The Labute approximate surface area is 198 Å². The fourth-order valence-corrected chi connectivity index (χ4v) is 4.84. The molecule has 0 radical (unpaired) electrons. The van der Waals surface area contributed by atoms with Crippen LogP contribution in [-0.2, 0) is 16.6 Å². The monoisotopic (exact) mass is 504 g/mol. The summed E-state index contributed by atoms with van der Waals surface area (Å²) >= 11 is 6.21. The van der Waals surface area contributed by atoms with E-state index in [2.05, 4.69) is 10.2 Å². The van der Waals surface area contributed by atoms with Gasteiger partial charge in [-0.15, -0.1) is 0 Å². The van der Waals surface area contributed by atoms with Gasteiger partial charge in [-0.05, 0) is 35.9 Å². The van der Waals surface area contributed by atoms with Crippen LogP contribution in [-0.4, -0.2) is 44.7 Å². The summed E-state index contributed by atoms with van der Waals surface area (Å²) in [5, 5.41) is 27.2. The summed E-state index contributed by atoms with van der Waals surface area (Å²) in [6.45, 7) is -0.106. The van der Waals surface area contributed by atoms with Gasteiger partial charge in [-0.3, -0.25) is 0 Å². The number of hydrogen-bond acceptors (Lipinski definition) is 6. The standard InChI is InChI=1S/C22H18ClFN4O5S/c1-27(12-13-6-8-14(24)9-7-13)34(32,33)20-10-15(18(29)11-19(20)30)21-25-26-22(31)28(21)17-5-3-2-4-16(17)23/h2-11,29-30H,12H2,1H3,(H,26,31). The second kappa shape index (κ2) is 8.93. The number of aromatic hydroxyl groups is 2. The van der Waals surface area contributed by atoms with Gasteiger partial charge in [0.1, 0.15) is 22.2 Å². The predicted molar refractivity (Wildman–Crippen MR) is 123 cm³/mol. The molecule has 176 valence electrons. The third kappa shape index (κ3) is 4.28. The summed E-state index contributed by atoms with van der Waals surface area (Å²) in [6.07, 6.45) is 0. The van der Waals surface area contributed by atoms with E-state index in [1.165, 1.54) is 31.3 Å². The molecule has 1 heterocycles. The average Bonchev–Trinajstić information content (AvgIpc) is 3.16. The number of aromatic amines is 1. The normalized spacial score (nSPS) is 11.8. The highest BCUT2D eigenvalue weighted by Gasteiger charge is 2.28. The van der Waals surface area contributed by atoms with Crippen LogP contribution in [0.1, 0.15) is 5.56 Å². The molecule has 0 saturated carbocycles. The van der Waals surface area contributed by atoms with Crippen molar-refractivity contribution < 1.29 is 23.0 Å². The first-order valence-corrected chi connectivity index (χ1v) is 11.6. The van der Waals surface area contributed by atoms with Gasteiger partial charge in [-0.1, -0.05) is 35.9 Å². The van der Waals surface area contributed by atoms with Crippen molar-refractivity contribution in [2.24, 2.45) is 0 Å². The zero-order valence-electron chi connectivity index (χ0n) is 17.6. The second-order valence-electron chi connectivity index (χ2n) is 7.36. The van der Waals surface area contributed by atoms with E-state index < -0.39 is 37.9 Å². The summed E-state index contributed by atoms with van der Waals surface area (Å²) in [6, 6.07) is 13.6. The van der Waals surface area contributed by atoms with E-state index in [-0.39, 0.29) is 28.6 Å². The number of halogens is 2. The number of phenolic OH excluding ortho intramolecular Hbond substituents is 2. The van der Waals surface area contributed by atoms with E-state index in [9.17, 15) is 27.8 Å². The van der Waals surface area contributed by atoms with Crippen LogP contribution >= 0.6 is 11.6 Å². The molecule has 4 aromatic rings. The fourth-order valence-electron chi connectivity index (χ4n) is 3.38. The topological polar surface area (TPSA) is 129 Å². The van der Waals surface area contributed by atoms with Crippen molar-refractivity contribution in [2.45, 2.75) is 11.4 Å². The van der Waals surface area contributed by atoms with Crippen molar-refractivity contribution >= 4 is 21.6 Å². The minimum atomic E-state index is -4.28. The van der Waals surface area contributed by atoms with Crippen molar-refractivity contribution in [1.82, 2.24) is 19.1 Å². The molecule has 0 aliphatic carbocycles. The third-order valence-electron chi connectivity index (χ3n) is 5.09. The lowest BCUT2D eigenvalue weighted by molar-refractivity contribution is 0.430. The quantitative estimate of drug-likeness (QED) is 0.370. The maximum absolute atomic E-state index is 13.2. The zero-order valence-corrected chi connectivity index (χ0v) is 19.2. The molecule has 0 unspecified atom stereocenters. The Hall–Kier alpha value is -3.67. The third-order valence-corrected chi connectivity index (χ3v) is 7.24. The number of nitrogens with one attached hydrogen (secondary N) is 1. The van der Waals surface area contributed by atoms with Gasteiger partial charge < -0.3 is 10.2 Å². The van der Waals surface area contributed by atoms with Crippen molar-refractivity contribution in [3.63, 3.8) is 0 Å². The van der Waals surface area contributed by atoms with Crippen LogP contribution in [0.3, 0.4) is 0 Å². The van der Waals surface area contributed by atoms with E-state index in [1.54, 1.807) is 24.3 Å². The van der Waals surface area contributed by atoms with Crippen molar-refractivity contribution in [3.8, 4) is 28.6 Å². The molecule has 0 aliphatic rings. The van der Waals surface area contributed by atoms with Crippen molar-refractivity contribution in [1.29, 1.82) is 0 Å². The minimum Gasteiger partial charge on any atom is -0.507 e. The Kier molecular flexibility index (Phi) is 6.17. The van der Waals surface area contributed by atoms with Gasteiger partial charge in [0.25, 0.3) is 0 Å². The summed E-state index contributed by atoms with van der Waals surface area (Å²) in [7, 11) is -2.99. The zero-order chi connectivity index (χ0) is 24.6. The summed E-state index contributed by atoms with van der Waals surface area (Å²) in [5.74, 6) is -1.79. The molecule has 3 N–H and O–H groups in total. The molecule has 0 atom stereocenters. The number of rotatable bonds is 6. The molecular formula is C22H18ClFN4O5S. The van der Waals surface area contributed by atoms with Gasteiger partial charge in [0, 0.05) is 19.7 Å². The van der Waals surface area contributed by atoms with Gasteiger partial charge in [0.2, 0.25) is 10.0 Å². The Morgan fingerprint density at radius 2 is 1.76 bits per heavy atom. The van der Waals surface area contributed by atoms with Crippen LogP contribution in [0.4, 0.5) is 4.39 Å². The molecule has 12 heteroatoms. The minimum absolute atomic E-state index is 0.106. The molecule has 0 amide bonds. The van der Waals surface area contributed by atoms with Crippen LogP contribution in [0, 0.1) is 5.82 Å². The first-order valence-electron chi connectivity index (χ1n) is 9.79. The number of aromatic nitrogens is 3. The Bertz CT molecular complexity index is 1530. The highest BCUT2D eigenvalue weighted by Crippen LogP contribution is 2.38. The molecule has 0 spiro atoms. The SMILES string of the molecule is CN(Cc1ccc(F)cc1)S(=O)(=O)c1cc(-c2n[nH]c(=O)n2-c2ccccc2Cl)c(O)cc1O. The molecule has 0 bridgehead atoms. The summed E-state index contributed by atoms with van der Waals surface area (Å²) in [4.78, 5) is 11.9. The molecule has 4 rings (SSSR count). The molecule has 0 fully saturated rings. The number of sulfonamides is 1. The number of hydrogen-bond donors (Lipinski definition) is 3. The van der Waals surface area contributed by atoms with Crippen LogP contribution in [0.5, 0.6) is 11.5 Å². The molecular weight excluding hydrogens is 487 g/mol. The molecule has 34 heavy (non-hydrogen) atoms. The van der Waals surface area contributed by atoms with E-state index in [4.69, 9.17) is 11.6 Å². The number of phenols is 2. The molecule has 0 saturated heterocycles. The Morgan fingerprint density at radius 1 is 1.09 bits per heavy atom. The maximum atomic E-state index is 13.2. The highest BCUT2D eigenvalue weighted by molar-refractivity contribution is 7.89. The van der Waals surface area contributed by atoms with Crippen LogP contribution in [0.2, 0.25) is 5.02 Å². The van der Waals surface area contributed by atoms with Gasteiger partial charge in [-0.25, -0.2) is 27.3 Å². The lowest BCUT2D eigenvalue weighted by Crippen LogP contribution is -2.26. The van der Waals surface area contributed by atoms with E-state index in [0.29, 0.717) is 5.56 Å². The maximum Gasteiger partial charge on any atom is 0.348 e. The Balaban J connectivity index is 1.81. The smallest absolute Gasteiger partial charge is 0.348 e. The fraction of sp³-hybridized carbons (Fsp3) is 0.0909. The number of H-pyrrole nitrogens is 1. The summed E-state index contributed by atoms with van der Waals surface area (Å²) in [5.41, 5.74) is -0.0349. The van der Waals surface area contributed by atoms with Gasteiger partial charge in [0.15, 0.2) is 5.82 Å². The molecule has 0 aliphatic heterocycles. The lowest BCUT2D eigenvalue weighted by atomic mass is 10.1. The van der Waals surface area contributed by atoms with E-state index in [1.807, 2.05) is 0 Å². The van der Waals surface area contributed by atoms with Crippen molar-refractivity contribution in [3.05, 3.63) is 87.6 Å². The first-order chi connectivity index (χ1) is 16.1. The second-order valence-corrected chi connectivity index (χ2v) is 9.78. The Morgan fingerprint density at radius 3 is 2.44 bits per heavy atom. The van der Waals surface area contributed by atoms with Crippen LogP contribution in [0.15, 0.2) is 70.4 Å². The highest BCUT2D eigenvalue weighted by atomic mass is 35.5. The van der Waals surface area contributed by atoms with Crippen LogP contribution in [0.25, 0.3) is 17.1 Å². The summed E-state index contributed by atoms with van der Waals surface area (Å²) < 4.78 is 41.7. The number of para-hydroxylation sites is 1. The number of nitrogens with zero attached hydrogens (tertiary/aromatic N) is 3. The average molecular weight is 505 g/mol. The van der Waals surface area contributed by atoms with Crippen molar-refractivity contribution in [2.75, 3.05) is 7.05 Å². The molecule has 3 aromatic carbocycles. The lowest BCUT2D eigenvalue weighted by Gasteiger charge is -2.19. The van der Waals surface area contributed by atoms with Gasteiger partial charge >= 0.3 is 5.69 Å². The molecule has 9 nitrogen and oxygen atoms in total. The first kappa shape index (κ1) is 23.5. The number of benzene rings is 3. The molecule has 1 aromatic heterocycles. The van der Waals surface area contributed by atoms with E-state index in [0.717, 1.165) is 21.0 Å². The van der Waals surface area contributed by atoms with E-state index >= 15 is 0 Å². The van der Waals surface area contributed by atoms with Crippen LogP contribution < -0.4 is 5.69 Å².